The summed E-state index contributed by atoms with van der Waals surface area (Å²) in [4.78, 5) is 48.9. The van der Waals surface area contributed by atoms with E-state index in [9.17, 15) is 14.4 Å². The second kappa shape index (κ2) is 6.98. The average molecular weight is 414 g/mol. The smallest absolute Gasteiger partial charge is 0.298 e. The van der Waals surface area contributed by atoms with Crippen LogP contribution in [0, 0.1) is 0 Å². The monoisotopic (exact) mass is 414 g/mol. The molecule has 1 saturated carbocycles. The number of aromatic nitrogens is 3. The number of carbonyl (C=O) groups is 3. The molecule has 1 aliphatic heterocycles. The Labute approximate surface area is 176 Å². The van der Waals surface area contributed by atoms with Gasteiger partial charge in [0.05, 0.1) is 22.5 Å². The van der Waals surface area contributed by atoms with Crippen molar-refractivity contribution < 1.29 is 14.4 Å². The second-order valence-electron chi connectivity index (χ2n) is 7.56. The first kappa shape index (κ1) is 18.9. The van der Waals surface area contributed by atoms with E-state index in [-0.39, 0.29) is 28.8 Å². The molecule has 1 aromatic carbocycles. The lowest BCUT2D eigenvalue weighted by atomic mass is 10.1. The first-order valence-electron chi connectivity index (χ1n) is 9.82. The first-order valence-corrected chi connectivity index (χ1v) is 9.82. The van der Waals surface area contributed by atoms with Crippen LogP contribution in [0.1, 0.15) is 41.7 Å². The van der Waals surface area contributed by atoms with E-state index < -0.39 is 17.6 Å². The predicted molar refractivity (Wildman–Crippen MR) is 116 cm³/mol. The topological polar surface area (TPSA) is 122 Å². The lowest BCUT2D eigenvalue weighted by Crippen LogP contribution is -2.28. The molecule has 0 bridgehead atoms. The number of aliphatic imine (C=N–C) groups is 2. The molecule has 0 spiro atoms. The number of hydrogen-bond acceptors (Lipinski definition) is 5. The maximum absolute atomic E-state index is 12.8. The maximum atomic E-state index is 12.8. The van der Waals surface area contributed by atoms with E-state index in [4.69, 9.17) is 0 Å². The summed E-state index contributed by atoms with van der Waals surface area (Å²) in [5.74, 6) is -1.49. The Bertz CT molecular complexity index is 1350. The minimum atomic E-state index is -0.818. The molecule has 2 N–H and O–H groups in total. The van der Waals surface area contributed by atoms with Crippen molar-refractivity contribution >= 4 is 46.0 Å². The molecule has 2 aliphatic rings. The van der Waals surface area contributed by atoms with Crippen molar-refractivity contribution in [2.45, 2.75) is 25.7 Å². The van der Waals surface area contributed by atoms with Gasteiger partial charge < -0.3 is 10.3 Å². The van der Waals surface area contributed by atoms with Gasteiger partial charge in [0.2, 0.25) is 0 Å². The first-order chi connectivity index (χ1) is 14.9. The lowest BCUT2D eigenvalue weighted by molar-refractivity contribution is -0.114. The van der Waals surface area contributed by atoms with E-state index >= 15 is 0 Å². The van der Waals surface area contributed by atoms with E-state index in [0.29, 0.717) is 11.1 Å². The van der Waals surface area contributed by atoms with Gasteiger partial charge >= 0.3 is 0 Å². The highest BCUT2D eigenvalue weighted by Crippen LogP contribution is 2.40. The summed E-state index contributed by atoms with van der Waals surface area (Å²) in [5.41, 5.74) is 2.42. The number of benzene rings is 1. The quantitative estimate of drug-likeness (QED) is 0.387. The van der Waals surface area contributed by atoms with Crippen molar-refractivity contribution in [1.82, 2.24) is 14.8 Å². The molecule has 2 amide bonds. The van der Waals surface area contributed by atoms with E-state index in [1.165, 1.54) is 10.9 Å². The van der Waals surface area contributed by atoms with Crippen LogP contribution < -0.4 is 5.32 Å². The Kier molecular flexibility index (Phi) is 4.25. The molecule has 154 valence electrons. The molecule has 5 rings (SSSR count). The number of hydrogen-bond donors (Lipinski definition) is 2. The molecule has 3 heterocycles. The number of carbonyl (C=O) groups excluding carboxylic acids is 3. The van der Waals surface area contributed by atoms with Gasteiger partial charge in [-0.05, 0) is 25.8 Å². The zero-order valence-electron chi connectivity index (χ0n) is 16.7. The fourth-order valence-corrected chi connectivity index (χ4v) is 3.42. The molecule has 0 saturated heterocycles. The molecule has 1 fully saturated rings. The molecule has 0 unspecified atom stereocenters. The standard InChI is InChI=1S/C22H18N6O3/c1-11-12(2)24-22(26-20(11)30)28-18(9-17(27-28)13-7-8-13)25-21(31)19(29)15-10-23-16-6-4-3-5-14(15)16/h3-6,9-10,13,23H,1,7-8H2,2H3,(H,25,31). The molecule has 9 nitrogen and oxygen atoms in total. The summed E-state index contributed by atoms with van der Waals surface area (Å²) in [5, 5.41) is 7.76. The number of ketones is 1. The molecular weight excluding hydrogens is 396 g/mol. The Morgan fingerprint density at radius 2 is 2.00 bits per heavy atom. The van der Waals surface area contributed by atoms with Crippen LogP contribution >= 0.6 is 0 Å². The second-order valence-corrected chi connectivity index (χ2v) is 7.56. The van der Waals surface area contributed by atoms with Crippen LogP contribution in [0.15, 0.2) is 58.7 Å². The van der Waals surface area contributed by atoms with Crippen molar-refractivity contribution in [2.75, 3.05) is 5.32 Å². The van der Waals surface area contributed by atoms with Crippen molar-refractivity contribution in [3.05, 3.63) is 59.9 Å². The number of rotatable bonds is 4. The van der Waals surface area contributed by atoms with Crippen LogP contribution in [0.3, 0.4) is 0 Å². The van der Waals surface area contributed by atoms with E-state index in [1.54, 1.807) is 25.1 Å². The number of para-hydroxylation sites is 1. The molecular formula is C22H18N6O3. The predicted octanol–water partition coefficient (Wildman–Crippen LogP) is 2.82. The highest BCUT2D eigenvalue weighted by molar-refractivity contribution is 6.48. The van der Waals surface area contributed by atoms with Crippen molar-refractivity contribution in [1.29, 1.82) is 0 Å². The zero-order valence-corrected chi connectivity index (χ0v) is 16.7. The number of Topliss-reactive ketones (excluding diaryl/α,β-unsaturated/α-hetero) is 1. The maximum Gasteiger partial charge on any atom is 0.298 e. The van der Waals surface area contributed by atoms with Crippen LogP contribution in [0.2, 0.25) is 0 Å². The third-order valence-electron chi connectivity index (χ3n) is 5.36. The van der Waals surface area contributed by atoms with Gasteiger partial charge in [0.25, 0.3) is 23.6 Å². The minimum absolute atomic E-state index is 0.0247. The van der Waals surface area contributed by atoms with Crippen LogP contribution in [-0.2, 0) is 9.59 Å². The van der Waals surface area contributed by atoms with Crippen LogP contribution in [0.5, 0.6) is 0 Å². The molecule has 9 heteroatoms. The summed E-state index contributed by atoms with van der Waals surface area (Å²) in [6.07, 6.45) is 3.50. The van der Waals surface area contributed by atoms with Crippen molar-refractivity contribution in [3.8, 4) is 0 Å². The van der Waals surface area contributed by atoms with Gasteiger partial charge in [-0.1, -0.05) is 24.8 Å². The van der Waals surface area contributed by atoms with E-state index in [1.807, 2.05) is 12.1 Å². The third kappa shape index (κ3) is 3.29. The number of aromatic amines is 1. The summed E-state index contributed by atoms with van der Waals surface area (Å²) >= 11 is 0. The highest BCUT2D eigenvalue weighted by Gasteiger charge is 2.30. The summed E-state index contributed by atoms with van der Waals surface area (Å²) < 4.78 is 1.29. The molecule has 3 aromatic rings. The number of anilines is 1. The van der Waals surface area contributed by atoms with Gasteiger partial charge in [0.1, 0.15) is 5.82 Å². The zero-order chi connectivity index (χ0) is 21.7. The summed E-state index contributed by atoms with van der Waals surface area (Å²) in [7, 11) is 0. The Morgan fingerprint density at radius 1 is 1.23 bits per heavy atom. The van der Waals surface area contributed by atoms with Crippen molar-refractivity contribution in [3.63, 3.8) is 0 Å². The largest absolute Gasteiger partial charge is 0.360 e. The average Bonchev–Trinajstić information content (AvgIpc) is 3.39. The normalized spacial score (nSPS) is 16.3. The number of nitrogens with one attached hydrogen (secondary N) is 2. The Morgan fingerprint density at radius 3 is 2.74 bits per heavy atom. The number of fused-ring (bicyclic) bond motifs is 1. The molecule has 1 aliphatic carbocycles. The Hall–Kier alpha value is -4.14. The highest BCUT2D eigenvalue weighted by atomic mass is 16.2. The molecule has 0 radical (unpaired) electrons. The Balaban J connectivity index is 1.48. The van der Waals surface area contributed by atoms with Crippen molar-refractivity contribution in [2.24, 2.45) is 9.98 Å². The fourth-order valence-electron chi connectivity index (χ4n) is 3.42. The lowest BCUT2D eigenvalue weighted by Gasteiger charge is -2.12. The number of H-pyrrole nitrogens is 1. The van der Waals surface area contributed by atoms with Crippen LogP contribution in [-0.4, -0.2) is 44.0 Å². The summed E-state index contributed by atoms with van der Waals surface area (Å²) in [6, 6.07) is 8.93. The van der Waals surface area contributed by atoms with Crippen LogP contribution in [0.25, 0.3) is 10.9 Å². The number of nitrogens with zero attached hydrogens (tertiary/aromatic N) is 4. The van der Waals surface area contributed by atoms with Gasteiger partial charge in [-0.15, -0.1) is 0 Å². The van der Waals surface area contributed by atoms with Gasteiger partial charge in [0.15, 0.2) is 0 Å². The summed E-state index contributed by atoms with van der Waals surface area (Å²) in [6.45, 7) is 5.31. The van der Waals surface area contributed by atoms with Gasteiger partial charge in [-0.2, -0.15) is 14.8 Å². The molecule has 2 aromatic heterocycles. The van der Waals surface area contributed by atoms with Gasteiger partial charge in [-0.25, -0.2) is 4.99 Å². The van der Waals surface area contributed by atoms with E-state index in [0.717, 1.165) is 24.1 Å². The number of amides is 2. The van der Waals surface area contributed by atoms with Gasteiger partial charge in [0, 0.05) is 29.1 Å². The SMILES string of the molecule is C=C1C(=O)N=C(n2nc(C3CC3)cc2NC(=O)C(=O)c2c[nH]c3ccccc23)N=C1C. The van der Waals surface area contributed by atoms with E-state index in [2.05, 4.69) is 32.0 Å². The third-order valence-corrected chi connectivity index (χ3v) is 5.36. The fraction of sp³-hybridized carbons (Fsp3) is 0.182. The van der Waals surface area contributed by atoms with Crippen LogP contribution in [0.4, 0.5) is 5.82 Å². The molecule has 0 atom stereocenters. The molecule has 31 heavy (non-hydrogen) atoms. The minimum Gasteiger partial charge on any atom is -0.360 e. The van der Waals surface area contributed by atoms with Gasteiger partial charge in [-0.3, -0.25) is 14.4 Å².